The first-order chi connectivity index (χ1) is 15.5. The SMILES string of the molecule is CCC(C(=O)NC(C)C)N(Cc1c(Cl)cccc1Cl)C(=O)CN(c1ccccc1)S(C)(=O)=O. The van der Waals surface area contributed by atoms with E-state index in [0.29, 0.717) is 27.7 Å². The average molecular weight is 514 g/mol. The Bertz CT molecular complexity index is 1060. The summed E-state index contributed by atoms with van der Waals surface area (Å²) in [6.45, 7) is 4.90. The highest BCUT2D eigenvalue weighted by atomic mass is 35.5. The van der Waals surface area contributed by atoms with Crippen LogP contribution >= 0.6 is 23.2 Å². The van der Waals surface area contributed by atoms with Gasteiger partial charge in [0, 0.05) is 28.2 Å². The summed E-state index contributed by atoms with van der Waals surface area (Å²) in [6.07, 6.45) is 1.35. The zero-order valence-electron chi connectivity index (χ0n) is 19.1. The molecule has 0 heterocycles. The molecule has 0 saturated carbocycles. The molecular formula is C23H29Cl2N3O4S. The number of sulfonamides is 1. The molecule has 0 aliphatic rings. The summed E-state index contributed by atoms with van der Waals surface area (Å²) in [5.41, 5.74) is 0.833. The number of halogens is 2. The van der Waals surface area contributed by atoms with E-state index in [0.717, 1.165) is 10.6 Å². The molecule has 0 fully saturated rings. The van der Waals surface area contributed by atoms with Gasteiger partial charge in [0.1, 0.15) is 12.6 Å². The van der Waals surface area contributed by atoms with E-state index >= 15 is 0 Å². The van der Waals surface area contributed by atoms with Crippen molar-refractivity contribution in [2.24, 2.45) is 0 Å². The van der Waals surface area contributed by atoms with Gasteiger partial charge in [0.25, 0.3) is 0 Å². The quantitative estimate of drug-likeness (QED) is 0.518. The van der Waals surface area contributed by atoms with Crippen LogP contribution in [0.15, 0.2) is 48.5 Å². The van der Waals surface area contributed by atoms with Crippen LogP contribution in [0.4, 0.5) is 5.69 Å². The Hall–Kier alpha value is -2.29. The van der Waals surface area contributed by atoms with Crippen molar-refractivity contribution in [1.82, 2.24) is 10.2 Å². The molecule has 2 aromatic rings. The number of nitrogens with zero attached hydrogens (tertiary/aromatic N) is 2. The Balaban J connectivity index is 2.48. The molecule has 1 atom stereocenters. The van der Waals surface area contributed by atoms with Gasteiger partial charge < -0.3 is 10.2 Å². The van der Waals surface area contributed by atoms with Crippen molar-refractivity contribution < 1.29 is 18.0 Å². The molecule has 0 aliphatic carbocycles. The van der Waals surface area contributed by atoms with Gasteiger partial charge >= 0.3 is 0 Å². The molecule has 0 aliphatic heterocycles. The Morgan fingerprint density at radius 3 is 2.06 bits per heavy atom. The van der Waals surface area contributed by atoms with E-state index in [-0.39, 0.29) is 18.5 Å². The van der Waals surface area contributed by atoms with Crippen molar-refractivity contribution in [3.05, 3.63) is 64.1 Å². The maximum Gasteiger partial charge on any atom is 0.244 e. The third kappa shape index (κ3) is 7.35. The van der Waals surface area contributed by atoms with Crippen LogP contribution in [0.3, 0.4) is 0 Å². The number of nitrogens with one attached hydrogen (secondary N) is 1. The number of para-hydroxylation sites is 1. The van der Waals surface area contributed by atoms with E-state index in [2.05, 4.69) is 5.32 Å². The maximum atomic E-state index is 13.5. The van der Waals surface area contributed by atoms with E-state index in [4.69, 9.17) is 23.2 Å². The van der Waals surface area contributed by atoms with Gasteiger partial charge in [-0.3, -0.25) is 13.9 Å². The number of hydrogen-bond acceptors (Lipinski definition) is 4. The molecule has 1 unspecified atom stereocenters. The first kappa shape index (κ1) is 27.0. The predicted octanol–water partition coefficient (Wildman–Crippen LogP) is 4.09. The largest absolute Gasteiger partial charge is 0.352 e. The molecule has 1 N–H and O–H groups in total. The molecule has 0 aromatic heterocycles. The molecule has 0 bridgehead atoms. The van der Waals surface area contributed by atoms with Crippen LogP contribution in [-0.2, 0) is 26.2 Å². The Morgan fingerprint density at radius 1 is 1.00 bits per heavy atom. The predicted molar refractivity (Wildman–Crippen MR) is 133 cm³/mol. The molecule has 10 heteroatoms. The lowest BCUT2D eigenvalue weighted by Crippen LogP contribution is -2.53. The minimum Gasteiger partial charge on any atom is -0.352 e. The second kappa shape index (κ2) is 11.7. The third-order valence-corrected chi connectivity index (χ3v) is 6.78. The maximum absolute atomic E-state index is 13.5. The van der Waals surface area contributed by atoms with Crippen LogP contribution in [0, 0.1) is 0 Å². The van der Waals surface area contributed by atoms with Gasteiger partial charge in [0.05, 0.1) is 11.9 Å². The second-order valence-electron chi connectivity index (χ2n) is 7.91. The molecule has 2 rings (SSSR count). The van der Waals surface area contributed by atoms with E-state index in [1.807, 2.05) is 13.8 Å². The van der Waals surface area contributed by atoms with Gasteiger partial charge in [0.15, 0.2) is 0 Å². The first-order valence-corrected chi connectivity index (χ1v) is 13.1. The molecule has 7 nitrogen and oxygen atoms in total. The van der Waals surface area contributed by atoms with Crippen molar-refractivity contribution in [1.29, 1.82) is 0 Å². The standard InChI is InChI=1S/C23H29Cl2N3O4S/c1-5-21(23(30)26-16(2)3)27(14-18-19(24)12-9-13-20(18)25)22(29)15-28(33(4,31)32)17-10-7-6-8-11-17/h6-13,16,21H,5,14-15H2,1-4H3,(H,26,30). The number of benzene rings is 2. The van der Waals surface area contributed by atoms with E-state index in [1.54, 1.807) is 55.5 Å². The van der Waals surface area contributed by atoms with E-state index < -0.39 is 28.5 Å². The number of rotatable bonds is 10. The molecule has 2 aromatic carbocycles. The molecule has 0 saturated heterocycles. The van der Waals surface area contributed by atoms with Crippen molar-refractivity contribution >= 4 is 50.7 Å². The van der Waals surface area contributed by atoms with Crippen LogP contribution in [0.25, 0.3) is 0 Å². The minimum absolute atomic E-state index is 0.0479. The van der Waals surface area contributed by atoms with Crippen LogP contribution in [-0.4, -0.2) is 50.0 Å². The fourth-order valence-corrected chi connectivity index (χ4v) is 4.73. The van der Waals surface area contributed by atoms with Gasteiger partial charge in [0.2, 0.25) is 21.8 Å². The lowest BCUT2D eigenvalue weighted by molar-refractivity contribution is -0.140. The summed E-state index contributed by atoms with van der Waals surface area (Å²) < 4.78 is 26.0. The second-order valence-corrected chi connectivity index (χ2v) is 10.6. The molecular weight excluding hydrogens is 485 g/mol. The number of anilines is 1. The smallest absolute Gasteiger partial charge is 0.244 e. The lowest BCUT2D eigenvalue weighted by atomic mass is 10.1. The van der Waals surface area contributed by atoms with Crippen LogP contribution in [0.5, 0.6) is 0 Å². The van der Waals surface area contributed by atoms with Crippen molar-refractivity contribution in [3.63, 3.8) is 0 Å². The lowest BCUT2D eigenvalue weighted by Gasteiger charge is -2.33. The van der Waals surface area contributed by atoms with Gasteiger partial charge in [-0.15, -0.1) is 0 Å². The Morgan fingerprint density at radius 2 is 1.58 bits per heavy atom. The molecule has 2 amide bonds. The van der Waals surface area contributed by atoms with Crippen LogP contribution in [0.1, 0.15) is 32.8 Å². The van der Waals surface area contributed by atoms with Crippen molar-refractivity contribution in [3.8, 4) is 0 Å². The number of carbonyl (C=O) groups is 2. The zero-order valence-corrected chi connectivity index (χ0v) is 21.4. The highest BCUT2D eigenvalue weighted by molar-refractivity contribution is 7.92. The summed E-state index contributed by atoms with van der Waals surface area (Å²) in [6, 6.07) is 12.3. The summed E-state index contributed by atoms with van der Waals surface area (Å²) in [5, 5.41) is 3.53. The fraction of sp³-hybridized carbons (Fsp3) is 0.391. The summed E-state index contributed by atoms with van der Waals surface area (Å²) in [5.74, 6) is -0.888. The monoisotopic (exact) mass is 513 g/mol. The van der Waals surface area contributed by atoms with E-state index in [1.165, 1.54) is 4.90 Å². The number of hydrogen-bond donors (Lipinski definition) is 1. The van der Waals surface area contributed by atoms with Crippen LogP contribution < -0.4 is 9.62 Å². The van der Waals surface area contributed by atoms with Gasteiger partial charge in [-0.25, -0.2) is 8.42 Å². The normalized spacial score (nSPS) is 12.3. The van der Waals surface area contributed by atoms with Crippen molar-refractivity contribution in [2.45, 2.75) is 45.8 Å². The summed E-state index contributed by atoms with van der Waals surface area (Å²) in [4.78, 5) is 27.8. The minimum atomic E-state index is -3.77. The van der Waals surface area contributed by atoms with Gasteiger partial charge in [-0.05, 0) is 44.5 Å². The highest BCUT2D eigenvalue weighted by Crippen LogP contribution is 2.27. The van der Waals surface area contributed by atoms with Gasteiger partial charge in [-0.1, -0.05) is 54.4 Å². The third-order valence-electron chi connectivity index (χ3n) is 4.93. The van der Waals surface area contributed by atoms with Crippen molar-refractivity contribution in [2.75, 3.05) is 17.1 Å². The highest BCUT2D eigenvalue weighted by Gasteiger charge is 2.32. The van der Waals surface area contributed by atoms with Crippen LogP contribution in [0.2, 0.25) is 10.0 Å². The molecule has 0 radical (unpaired) electrons. The number of carbonyl (C=O) groups excluding carboxylic acids is 2. The molecule has 0 spiro atoms. The zero-order chi connectivity index (χ0) is 24.8. The Labute approximate surface area is 205 Å². The average Bonchev–Trinajstić information content (AvgIpc) is 2.73. The van der Waals surface area contributed by atoms with Gasteiger partial charge in [-0.2, -0.15) is 0 Å². The van der Waals surface area contributed by atoms with E-state index in [9.17, 15) is 18.0 Å². The summed E-state index contributed by atoms with van der Waals surface area (Å²) >= 11 is 12.7. The number of amides is 2. The first-order valence-electron chi connectivity index (χ1n) is 10.5. The fourth-order valence-electron chi connectivity index (χ4n) is 3.36. The topological polar surface area (TPSA) is 86.8 Å². The summed E-state index contributed by atoms with van der Waals surface area (Å²) in [7, 11) is -3.77. The molecule has 180 valence electrons. The molecule has 33 heavy (non-hydrogen) atoms. The Kier molecular flexibility index (Phi) is 9.57.